The van der Waals surface area contributed by atoms with Gasteiger partial charge in [-0.2, -0.15) is 0 Å². The molecule has 1 aromatic carbocycles. The Balaban J connectivity index is 1.81. The van der Waals surface area contributed by atoms with E-state index < -0.39 is 54.3 Å². The van der Waals surface area contributed by atoms with E-state index in [1.807, 2.05) is 24.3 Å². The summed E-state index contributed by atoms with van der Waals surface area (Å²) in [6.07, 6.45) is 3.98. The summed E-state index contributed by atoms with van der Waals surface area (Å²) in [4.78, 5) is 65.4. The van der Waals surface area contributed by atoms with Crippen LogP contribution in [0.3, 0.4) is 0 Å². The van der Waals surface area contributed by atoms with Gasteiger partial charge >= 0.3 is 11.9 Å². The molecule has 0 spiro atoms. The number of para-hydroxylation sites is 1. The molecule has 2 heterocycles. The Morgan fingerprint density at radius 2 is 1.68 bits per heavy atom. The lowest BCUT2D eigenvalue weighted by Crippen LogP contribution is -2.57. The number of hydrogen-bond donors (Lipinski definition) is 8. The number of nitrogens with one attached hydrogen (secondary N) is 5. The Labute approximate surface area is 231 Å². The van der Waals surface area contributed by atoms with Crippen molar-refractivity contribution < 1.29 is 34.2 Å². The van der Waals surface area contributed by atoms with Crippen LogP contribution in [-0.2, 0) is 30.4 Å². The summed E-state index contributed by atoms with van der Waals surface area (Å²) in [7, 11) is 0. The van der Waals surface area contributed by atoms with Crippen LogP contribution < -0.4 is 27.0 Å². The molecule has 1 aromatic heterocycles. The third kappa shape index (κ3) is 8.78. The Hall–Kier alpha value is -3.97. The molecule has 1 saturated heterocycles. The minimum atomic E-state index is -1.46. The SMILES string of the molecule is NCCCCC(NC(=O)C1CCCN1)C(=O)NC(Cc1c[nH]c2ccccc12)C(=O)NC(CCC(=O)O)C(=O)O. The number of rotatable bonds is 16. The van der Waals surface area contributed by atoms with Gasteiger partial charge in [-0.05, 0) is 63.2 Å². The fraction of sp³-hybridized carbons (Fsp3) is 0.519. The van der Waals surface area contributed by atoms with Crippen LogP contribution in [0.4, 0.5) is 0 Å². The lowest BCUT2D eigenvalue weighted by atomic mass is 10.0. The summed E-state index contributed by atoms with van der Waals surface area (Å²) >= 11 is 0. The van der Waals surface area contributed by atoms with Crippen molar-refractivity contribution >= 4 is 40.6 Å². The Bertz CT molecular complexity index is 1190. The van der Waals surface area contributed by atoms with Gasteiger partial charge in [-0.15, -0.1) is 0 Å². The predicted molar refractivity (Wildman–Crippen MR) is 146 cm³/mol. The molecule has 218 valence electrons. The van der Waals surface area contributed by atoms with Crippen molar-refractivity contribution in [3.8, 4) is 0 Å². The molecule has 0 saturated carbocycles. The van der Waals surface area contributed by atoms with E-state index in [0.29, 0.717) is 44.3 Å². The first-order chi connectivity index (χ1) is 19.2. The first-order valence-electron chi connectivity index (χ1n) is 13.5. The highest BCUT2D eigenvalue weighted by molar-refractivity contribution is 5.95. The van der Waals surface area contributed by atoms with Crippen molar-refractivity contribution in [2.75, 3.05) is 13.1 Å². The Morgan fingerprint density at radius 1 is 0.950 bits per heavy atom. The first-order valence-corrected chi connectivity index (χ1v) is 13.5. The van der Waals surface area contributed by atoms with E-state index in [2.05, 4.69) is 26.3 Å². The maximum Gasteiger partial charge on any atom is 0.326 e. The molecule has 3 rings (SSSR count). The van der Waals surface area contributed by atoms with Crippen molar-refractivity contribution in [2.24, 2.45) is 5.73 Å². The third-order valence-corrected chi connectivity index (χ3v) is 6.95. The van der Waals surface area contributed by atoms with Crippen molar-refractivity contribution in [1.82, 2.24) is 26.3 Å². The minimum Gasteiger partial charge on any atom is -0.481 e. The van der Waals surface area contributed by atoms with E-state index in [1.165, 1.54) is 0 Å². The number of carbonyl (C=O) groups is 5. The zero-order chi connectivity index (χ0) is 29.1. The number of aromatic amines is 1. The second-order valence-corrected chi connectivity index (χ2v) is 9.95. The van der Waals surface area contributed by atoms with E-state index >= 15 is 0 Å². The van der Waals surface area contributed by atoms with Crippen molar-refractivity contribution in [3.05, 3.63) is 36.0 Å². The molecule has 1 aliphatic rings. The lowest BCUT2D eigenvalue weighted by Gasteiger charge is -2.25. The zero-order valence-electron chi connectivity index (χ0n) is 22.3. The topological polar surface area (TPSA) is 216 Å². The summed E-state index contributed by atoms with van der Waals surface area (Å²) in [5, 5.41) is 30.3. The van der Waals surface area contributed by atoms with Gasteiger partial charge in [0.1, 0.15) is 18.1 Å². The van der Waals surface area contributed by atoms with Crippen LogP contribution in [0.5, 0.6) is 0 Å². The molecule has 1 aliphatic heterocycles. The number of carboxylic acid groups (broad SMARTS) is 2. The number of unbranched alkanes of at least 4 members (excludes halogenated alkanes) is 1. The fourth-order valence-electron chi connectivity index (χ4n) is 4.74. The van der Waals surface area contributed by atoms with E-state index in [4.69, 9.17) is 10.8 Å². The standard InChI is InChI=1S/C27H38N6O7/c28-12-4-3-8-20(31-24(36)19-9-5-13-29-19)25(37)33-22(14-16-15-30-18-7-2-1-6-17(16)18)26(38)32-21(27(39)40)10-11-23(34)35/h1-2,6-7,15,19-22,29-30H,3-5,8-14,28H2,(H,31,36)(H,32,38)(H,33,37)(H,34,35)(H,39,40). The molecule has 9 N–H and O–H groups in total. The molecule has 3 amide bonds. The van der Waals surface area contributed by atoms with Crippen molar-refractivity contribution in [1.29, 1.82) is 0 Å². The second-order valence-electron chi connectivity index (χ2n) is 9.95. The number of nitrogens with two attached hydrogens (primary N) is 1. The number of hydrogen-bond acceptors (Lipinski definition) is 7. The van der Waals surface area contributed by atoms with Crippen molar-refractivity contribution in [2.45, 2.75) is 75.5 Å². The molecule has 2 aromatic rings. The van der Waals surface area contributed by atoms with Crippen molar-refractivity contribution in [3.63, 3.8) is 0 Å². The molecule has 13 heteroatoms. The summed E-state index contributed by atoms with van der Waals surface area (Å²) in [5.41, 5.74) is 7.15. The first kappa shape index (κ1) is 30.6. The number of fused-ring (bicyclic) bond motifs is 1. The summed E-state index contributed by atoms with van der Waals surface area (Å²) in [6, 6.07) is 3.41. The largest absolute Gasteiger partial charge is 0.481 e. The Morgan fingerprint density at radius 3 is 2.35 bits per heavy atom. The zero-order valence-corrected chi connectivity index (χ0v) is 22.3. The van der Waals surface area contributed by atoms with E-state index in [9.17, 15) is 29.1 Å². The fourth-order valence-corrected chi connectivity index (χ4v) is 4.74. The van der Waals surface area contributed by atoms with Crippen LogP contribution in [0.15, 0.2) is 30.5 Å². The molecule has 13 nitrogen and oxygen atoms in total. The van der Waals surface area contributed by atoms with Gasteiger partial charge in [0.25, 0.3) is 0 Å². The number of amides is 3. The minimum absolute atomic E-state index is 0.0283. The number of H-pyrrole nitrogens is 1. The van der Waals surface area contributed by atoms with Gasteiger partial charge < -0.3 is 42.2 Å². The smallest absolute Gasteiger partial charge is 0.326 e. The van der Waals surface area contributed by atoms with Gasteiger partial charge in [0.05, 0.1) is 6.04 Å². The van der Waals surface area contributed by atoms with Crippen LogP contribution in [-0.4, -0.2) is 82.1 Å². The van der Waals surface area contributed by atoms with Crippen LogP contribution in [0.25, 0.3) is 10.9 Å². The van der Waals surface area contributed by atoms with Crippen LogP contribution in [0.1, 0.15) is 50.5 Å². The summed E-state index contributed by atoms with van der Waals surface area (Å²) in [6.45, 7) is 1.13. The average Bonchev–Trinajstić information content (AvgIpc) is 3.60. The van der Waals surface area contributed by atoms with Gasteiger partial charge in [-0.25, -0.2) is 4.79 Å². The van der Waals surface area contributed by atoms with E-state index in [1.54, 1.807) is 6.20 Å². The number of benzene rings is 1. The van der Waals surface area contributed by atoms with Gasteiger partial charge in [0, 0.05) is 29.9 Å². The summed E-state index contributed by atoms with van der Waals surface area (Å²) in [5.74, 6) is -4.25. The number of carboxylic acids is 2. The number of carbonyl (C=O) groups excluding carboxylic acids is 3. The quantitative estimate of drug-likeness (QED) is 0.130. The average molecular weight is 559 g/mol. The molecule has 0 bridgehead atoms. The van der Waals surface area contributed by atoms with Crippen LogP contribution in [0.2, 0.25) is 0 Å². The number of aromatic nitrogens is 1. The monoisotopic (exact) mass is 558 g/mol. The van der Waals surface area contributed by atoms with Gasteiger partial charge in [0.2, 0.25) is 17.7 Å². The molecule has 1 fully saturated rings. The van der Waals surface area contributed by atoms with Crippen LogP contribution >= 0.6 is 0 Å². The number of aliphatic carboxylic acids is 2. The maximum absolute atomic E-state index is 13.5. The van der Waals surface area contributed by atoms with Gasteiger partial charge in [-0.1, -0.05) is 18.2 Å². The normalized spacial score (nSPS) is 17.1. The second kappa shape index (κ2) is 15.0. The lowest BCUT2D eigenvalue weighted by molar-refractivity contribution is -0.143. The van der Waals surface area contributed by atoms with Gasteiger partial charge in [-0.3, -0.25) is 19.2 Å². The van der Waals surface area contributed by atoms with E-state index in [0.717, 1.165) is 17.3 Å². The highest BCUT2D eigenvalue weighted by Gasteiger charge is 2.32. The van der Waals surface area contributed by atoms with Crippen LogP contribution in [0, 0.1) is 0 Å². The molecule has 4 unspecified atom stereocenters. The van der Waals surface area contributed by atoms with E-state index in [-0.39, 0.29) is 18.7 Å². The molecular formula is C27H38N6O7. The van der Waals surface area contributed by atoms with Gasteiger partial charge in [0.15, 0.2) is 0 Å². The predicted octanol–water partition coefficient (Wildman–Crippen LogP) is -0.00480. The molecular weight excluding hydrogens is 520 g/mol. The molecule has 4 atom stereocenters. The summed E-state index contributed by atoms with van der Waals surface area (Å²) < 4.78 is 0. The highest BCUT2D eigenvalue weighted by atomic mass is 16.4. The Kier molecular flexibility index (Phi) is 11.5. The highest BCUT2D eigenvalue weighted by Crippen LogP contribution is 2.19. The third-order valence-electron chi connectivity index (χ3n) is 6.95. The maximum atomic E-state index is 13.5. The molecule has 0 aliphatic carbocycles. The molecule has 0 radical (unpaired) electrons. The molecule has 40 heavy (non-hydrogen) atoms.